The van der Waals surface area contributed by atoms with Gasteiger partial charge in [-0.15, -0.1) is 0 Å². The average Bonchev–Trinajstić information content (AvgIpc) is 3.00. The molecule has 3 rings (SSSR count). The smallest absolute Gasteiger partial charge is 0.293 e. The highest BCUT2D eigenvalue weighted by Crippen LogP contribution is 2.34. The lowest BCUT2D eigenvalue weighted by Crippen LogP contribution is -2.31. The number of halogens is 1. The second-order valence-corrected chi connectivity index (χ2v) is 8.29. The van der Waals surface area contributed by atoms with Crippen LogP contribution in [0.4, 0.5) is 4.79 Å². The summed E-state index contributed by atoms with van der Waals surface area (Å²) < 4.78 is 17.6. The minimum absolute atomic E-state index is 0.242. The maximum Gasteiger partial charge on any atom is 0.293 e. The first-order valence-electron chi connectivity index (χ1n) is 9.40. The zero-order valence-electron chi connectivity index (χ0n) is 16.7. The zero-order valence-corrected chi connectivity index (χ0v) is 19.1. The molecule has 0 saturated carbocycles. The van der Waals surface area contributed by atoms with Crippen molar-refractivity contribution in [2.24, 2.45) is 0 Å². The van der Waals surface area contributed by atoms with Crippen molar-refractivity contribution in [3.8, 4) is 11.5 Å². The monoisotopic (exact) mass is 491 g/mol. The van der Waals surface area contributed by atoms with Crippen LogP contribution in [0.3, 0.4) is 0 Å². The summed E-state index contributed by atoms with van der Waals surface area (Å²) in [6, 6.07) is 13.4. The standard InChI is InChI=1S/C22H22BrNO5S/c1-3-28-19-12-16(13-20-21(25)24(10-11-27-2)22(26)30-20)6-9-18(19)29-14-15-4-7-17(23)8-5-15/h4-9,12-13H,3,10-11,14H2,1-2H3/b20-13+. The molecule has 0 radical (unpaired) electrons. The number of imide groups is 1. The van der Waals surface area contributed by atoms with Crippen LogP contribution in [0.25, 0.3) is 6.08 Å². The van der Waals surface area contributed by atoms with Crippen molar-refractivity contribution in [3.63, 3.8) is 0 Å². The fraction of sp³-hybridized carbons (Fsp3) is 0.273. The van der Waals surface area contributed by atoms with Gasteiger partial charge in [-0.25, -0.2) is 0 Å². The van der Waals surface area contributed by atoms with E-state index in [1.807, 2.05) is 49.4 Å². The Balaban J connectivity index is 1.75. The van der Waals surface area contributed by atoms with Gasteiger partial charge in [0.15, 0.2) is 11.5 Å². The number of thioether (sulfide) groups is 1. The minimum atomic E-state index is -0.310. The number of carbonyl (C=O) groups is 2. The third-order valence-electron chi connectivity index (χ3n) is 4.27. The molecule has 2 amide bonds. The predicted molar refractivity (Wildman–Crippen MR) is 121 cm³/mol. The zero-order chi connectivity index (χ0) is 21.5. The van der Waals surface area contributed by atoms with E-state index in [1.165, 1.54) is 12.0 Å². The number of methoxy groups -OCH3 is 1. The first kappa shape index (κ1) is 22.4. The molecule has 0 unspecified atom stereocenters. The van der Waals surface area contributed by atoms with E-state index in [0.717, 1.165) is 27.4 Å². The van der Waals surface area contributed by atoms with Crippen molar-refractivity contribution < 1.29 is 23.8 Å². The molecule has 30 heavy (non-hydrogen) atoms. The summed E-state index contributed by atoms with van der Waals surface area (Å²) >= 11 is 4.35. The van der Waals surface area contributed by atoms with Gasteiger partial charge in [-0.1, -0.05) is 34.1 Å². The lowest BCUT2D eigenvalue weighted by atomic mass is 10.1. The molecule has 158 valence electrons. The summed E-state index contributed by atoms with van der Waals surface area (Å²) in [4.78, 5) is 26.1. The van der Waals surface area contributed by atoms with Crippen LogP contribution in [0.2, 0.25) is 0 Å². The Labute approximate surface area is 188 Å². The van der Waals surface area contributed by atoms with Crippen molar-refractivity contribution in [2.75, 3.05) is 26.9 Å². The van der Waals surface area contributed by atoms with E-state index in [-0.39, 0.29) is 17.7 Å². The van der Waals surface area contributed by atoms with E-state index in [9.17, 15) is 9.59 Å². The number of carbonyl (C=O) groups excluding carboxylic acids is 2. The molecule has 0 N–H and O–H groups in total. The summed E-state index contributed by atoms with van der Waals surface area (Å²) in [5.74, 6) is 0.891. The van der Waals surface area contributed by atoms with Crippen LogP contribution in [-0.4, -0.2) is 42.9 Å². The van der Waals surface area contributed by atoms with Gasteiger partial charge in [0.1, 0.15) is 6.61 Å². The Bertz CT molecular complexity index is 945. The summed E-state index contributed by atoms with van der Waals surface area (Å²) in [6.45, 7) is 3.33. The molecule has 1 heterocycles. The van der Waals surface area contributed by atoms with E-state index in [2.05, 4.69) is 15.9 Å². The van der Waals surface area contributed by atoms with Crippen molar-refractivity contribution in [3.05, 3.63) is 63.0 Å². The molecular formula is C22H22BrNO5S. The molecule has 2 aromatic carbocycles. The number of nitrogens with zero attached hydrogens (tertiary/aromatic N) is 1. The normalized spacial score (nSPS) is 15.2. The molecule has 1 aliphatic rings. The number of rotatable bonds is 9. The molecule has 0 aliphatic carbocycles. The van der Waals surface area contributed by atoms with Gasteiger partial charge in [0.25, 0.3) is 11.1 Å². The summed E-state index contributed by atoms with van der Waals surface area (Å²) in [5, 5.41) is -0.289. The Morgan fingerprint density at radius 1 is 1.07 bits per heavy atom. The maximum absolute atomic E-state index is 12.5. The second-order valence-electron chi connectivity index (χ2n) is 6.38. The van der Waals surface area contributed by atoms with E-state index in [0.29, 0.717) is 36.2 Å². The van der Waals surface area contributed by atoms with E-state index < -0.39 is 0 Å². The third-order valence-corrected chi connectivity index (χ3v) is 5.70. The van der Waals surface area contributed by atoms with Gasteiger partial charge in [-0.05, 0) is 60.2 Å². The second kappa shape index (κ2) is 10.7. The Morgan fingerprint density at radius 3 is 2.53 bits per heavy atom. The topological polar surface area (TPSA) is 65.1 Å². The van der Waals surface area contributed by atoms with Gasteiger partial charge in [-0.3, -0.25) is 14.5 Å². The molecule has 8 heteroatoms. The lowest BCUT2D eigenvalue weighted by Gasteiger charge is -2.13. The average molecular weight is 492 g/mol. The highest BCUT2D eigenvalue weighted by atomic mass is 79.9. The van der Waals surface area contributed by atoms with Gasteiger partial charge in [-0.2, -0.15) is 0 Å². The largest absolute Gasteiger partial charge is 0.490 e. The van der Waals surface area contributed by atoms with Crippen LogP contribution in [0.15, 0.2) is 51.8 Å². The summed E-state index contributed by atoms with van der Waals surface area (Å²) in [7, 11) is 1.53. The Morgan fingerprint density at radius 2 is 1.83 bits per heavy atom. The van der Waals surface area contributed by atoms with Crippen LogP contribution in [0.5, 0.6) is 11.5 Å². The molecule has 6 nitrogen and oxygen atoms in total. The minimum Gasteiger partial charge on any atom is -0.490 e. The highest BCUT2D eigenvalue weighted by molar-refractivity contribution is 9.10. The Kier molecular flexibility index (Phi) is 7.95. The third kappa shape index (κ3) is 5.65. The van der Waals surface area contributed by atoms with Crippen LogP contribution in [0, 0.1) is 0 Å². The molecular weight excluding hydrogens is 470 g/mol. The molecule has 0 bridgehead atoms. The van der Waals surface area contributed by atoms with Gasteiger partial charge in [0, 0.05) is 11.6 Å². The quantitative estimate of drug-likeness (QED) is 0.454. The molecule has 1 aliphatic heterocycles. The fourth-order valence-corrected chi connectivity index (χ4v) is 3.90. The SMILES string of the molecule is CCOc1cc(/C=C2/SC(=O)N(CCOC)C2=O)ccc1OCc1ccc(Br)cc1. The predicted octanol–water partition coefficient (Wildman–Crippen LogP) is 5.11. The first-order valence-corrected chi connectivity index (χ1v) is 11.0. The lowest BCUT2D eigenvalue weighted by molar-refractivity contribution is -0.123. The van der Waals surface area contributed by atoms with Gasteiger partial charge < -0.3 is 14.2 Å². The number of amides is 2. The number of hydrogen-bond donors (Lipinski definition) is 0. The van der Waals surface area contributed by atoms with Gasteiger partial charge in [0.2, 0.25) is 0 Å². The van der Waals surface area contributed by atoms with Crippen molar-refractivity contribution in [2.45, 2.75) is 13.5 Å². The van der Waals surface area contributed by atoms with E-state index in [1.54, 1.807) is 6.08 Å². The molecule has 2 aromatic rings. The van der Waals surface area contributed by atoms with E-state index in [4.69, 9.17) is 14.2 Å². The number of ether oxygens (including phenoxy) is 3. The van der Waals surface area contributed by atoms with Crippen LogP contribution >= 0.6 is 27.7 Å². The number of benzene rings is 2. The highest BCUT2D eigenvalue weighted by Gasteiger charge is 2.34. The van der Waals surface area contributed by atoms with Crippen LogP contribution in [0.1, 0.15) is 18.1 Å². The van der Waals surface area contributed by atoms with E-state index >= 15 is 0 Å². The maximum atomic E-state index is 12.5. The fourth-order valence-electron chi connectivity index (χ4n) is 2.77. The molecule has 0 atom stereocenters. The van der Waals surface area contributed by atoms with Crippen molar-refractivity contribution in [1.82, 2.24) is 4.90 Å². The number of hydrogen-bond acceptors (Lipinski definition) is 6. The molecule has 0 spiro atoms. The van der Waals surface area contributed by atoms with Crippen molar-refractivity contribution in [1.29, 1.82) is 0 Å². The Hall–Kier alpha value is -2.29. The molecule has 0 aromatic heterocycles. The van der Waals surface area contributed by atoms with Crippen molar-refractivity contribution >= 4 is 44.9 Å². The van der Waals surface area contributed by atoms with Gasteiger partial charge in [0.05, 0.1) is 24.7 Å². The van der Waals surface area contributed by atoms with Crippen LogP contribution in [-0.2, 0) is 16.1 Å². The van der Waals surface area contributed by atoms with Crippen LogP contribution < -0.4 is 9.47 Å². The molecule has 1 fully saturated rings. The summed E-state index contributed by atoms with van der Waals surface area (Å²) in [5.41, 5.74) is 1.79. The first-order chi connectivity index (χ1) is 14.5. The summed E-state index contributed by atoms with van der Waals surface area (Å²) in [6.07, 6.45) is 1.69. The molecule has 1 saturated heterocycles. The van der Waals surface area contributed by atoms with Gasteiger partial charge >= 0.3 is 0 Å².